The van der Waals surface area contributed by atoms with Crippen LogP contribution in [0.15, 0.2) is 61.2 Å². The van der Waals surface area contributed by atoms with Crippen LogP contribution in [-0.2, 0) is 6.54 Å². The van der Waals surface area contributed by atoms with Crippen molar-refractivity contribution in [3.05, 3.63) is 84.0 Å². The zero-order valence-corrected chi connectivity index (χ0v) is 16.7. The van der Waals surface area contributed by atoms with Crippen molar-refractivity contribution in [1.82, 2.24) is 24.8 Å². The van der Waals surface area contributed by atoms with E-state index in [0.717, 1.165) is 5.56 Å². The lowest BCUT2D eigenvalue weighted by Gasteiger charge is -2.22. The van der Waals surface area contributed by atoms with Gasteiger partial charge in [0.25, 0.3) is 5.91 Å². The van der Waals surface area contributed by atoms with Crippen LogP contribution in [0.3, 0.4) is 0 Å². The molecule has 4 rings (SSSR count). The number of amides is 1. The summed E-state index contributed by atoms with van der Waals surface area (Å²) in [5.74, 6) is 0.0379. The quantitative estimate of drug-likeness (QED) is 0.501. The minimum atomic E-state index is -0.415. The van der Waals surface area contributed by atoms with Crippen molar-refractivity contribution < 1.29 is 9.18 Å². The molecular weight excluding hydrogens is 381 g/mol. The van der Waals surface area contributed by atoms with E-state index in [-0.39, 0.29) is 5.91 Å². The van der Waals surface area contributed by atoms with Crippen LogP contribution in [0, 0.1) is 12.7 Å². The van der Waals surface area contributed by atoms with Crippen LogP contribution in [0.25, 0.3) is 22.2 Å². The maximum absolute atomic E-state index is 14.0. The Morgan fingerprint density at radius 1 is 1.07 bits per heavy atom. The maximum atomic E-state index is 14.0. The van der Waals surface area contributed by atoms with Gasteiger partial charge in [-0.3, -0.25) is 9.78 Å². The molecule has 0 fully saturated rings. The van der Waals surface area contributed by atoms with Crippen molar-refractivity contribution in [3.8, 4) is 11.3 Å². The molecule has 0 saturated carbocycles. The number of aromatic nitrogens is 4. The van der Waals surface area contributed by atoms with E-state index in [1.165, 1.54) is 12.1 Å². The first-order chi connectivity index (χ1) is 14.5. The highest BCUT2D eigenvalue weighted by molar-refractivity contribution is 6.07. The molecule has 0 atom stereocenters. The number of nitrogens with zero attached hydrogens (tertiary/aromatic N) is 5. The van der Waals surface area contributed by atoms with E-state index in [0.29, 0.717) is 46.6 Å². The summed E-state index contributed by atoms with van der Waals surface area (Å²) in [7, 11) is 0. The van der Waals surface area contributed by atoms with Gasteiger partial charge in [0.2, 0.25) is 0 Å². The first-order valence-corrected chi connectivity index (χ1v) is 9.62. The van der Waals surface area contributed by atoms with E-state index in [4.69, 9.17) is 0 Å². The number of benzene rings is 1. The lowest BCUT2D eigenvalue weighted by Crippen LogP contribution is -2.30. The van der Waals surface area contributed by atoms with Crippen LogP contribution in [0.2, 0.25) is 0 Å². The minimum Gasteiger partial charge on any atom is -0.335 e. The highest BCUT2D eigenvalue weighted by atomic mass is 19.1. The summed E-state index contributed by atoms with van der Waals surface area (Å²) in [6.45, 7) is 4.65. The molecule has 4 aromatic rings. The lowest BCUT2D eigenvalue weighted by atomic mass is 10.0. The molecule has 0 aliphatic rings. The summed E-state index contributed by atoms with van der Waals surface area (Å²) in [6.07, 6.45) is 6.73. The normalized spacial score (nSPS) is 10.9. The van der Waals surface area contributed by atoms with Crippen molar-refractivity contribution in [2.24, 2.45) is 0 Å². The fourth-order valence-electron chi connectivity index (χ4n) is 3.25. The molecule has 150 valence electrons. The first kappa shape index (κ1) is 19.6. The molecule has 0 spiro atoms. The molecule has 30 heavy (non-hydrogen) atoms. The molecule has 0 aliphatic carbocycles. The summed E-state index contributed by atoms with van der Waals surface area (Å²) < 4.78 is 14.0. The number of fused-ring (bicyclic) bond motifs is 1. The molecule has 0 aliphatic heterocycles. The highest BCUT2D eigenvalue weighted by Gasteiger charge is 2.20. The molecule has 1 amide bonds. The molecule has 0 bridgehead atoms. The number of carbonyl (C=O) groups is 1. The van der Waals surface area contributed by atoms with Gasteiger partial charge in [0.1, 0.15) is 11.6 Å². The monoisotopic (exact) mass is 401 g/mol. The van der Waals surface area contributed by atoms with E-state index in [9.17, 15) is 9.18 Å². The Hall–Kier alpha value is -3.74. The van der Waals surface area contributed by atoms with Gasteiger partial charge in [-0.05, 0) is 55.8 Å². The number of halogens is 1. The first-order valence-electron chi connectivity index (χ1n) is 9.62. The van der Waals surface area contributed by atoms with E-state index in [1.807, 2.05) is 19.1 Å². The van der Waals surface area contributed by atoms with Crippen LogP contribution in [0.4, 0.5) is 4.39 Å². The largest absolute Gasteiger partial charge is 0.335 e. The second kappa shape index (κ2) is 8.32. The van der Waals surface area contributed by atoms with Crippen molar-refractivity contribution in [3.63, 3.8) is 0 Å². The third-order valence-corrected chi connectivity index (χ3v) is 4.87. The topological polar surface area (TPSA) is 71.9 Å². The Morgan fingerprint density at radius 2 is 1.80 bits per heavy atom. The standard InChI is InChI=1S/C23H20FN5O/c1-3-29(14-16-6-8-25-9-7-16)23(30)20-11-22(17-12-26-15(2)27-13-17)28-21-5-4-18(24)10-19(20)21/h4-13H,3,14H2,1-2H3. The molecule has 3 heterocycles. The molecule has 0 saturated heterocycles. The van der Waals surface area contributed by atoms with Gasteiger partial charge in [-0.2, -0.15) is 0 Å². The summed E-state index contributed by atoms with van der Waals surface area (Å²) in [6, 6.07) is 9.70. The lowest BCUT2D eigenvalue weighted by molar-refractivity contribution is 0.0754. The molecule has 0 radical (unpaired) electrons. The fraction of sp³-hybridized carbons (Fsp3) is 0.174. The van der Waals surface area contributed by atoms with Crippen molar-refractivity contribution in [2.75, 3.05) is 6.54 Å². The van der Waals surface area contributed by atoms with Crippen LogP contribution in [-0.4, -0.2) is 37.3 Å². The second-order valence-electron chi connectivity index (χ2n) is 6.91. The van der Waals surface area contributed by atoms with E-state index >= 15 is 0 Å². The zero-order valence-electron chi connectivity index (χ0n) is 16.7. The molecule has 3 aromatic heterocycles. The van der Waals surface area contributed by atoms with Gasteiger partial charge in [-0.25, -0.2) is 19.3 Å². The minimum absolute atomic E-state index is 0.193. The van der Waals surface area contributed by atoms with Gasteiger partial charge < -0.3 is 4.90 Å². The van der Waals surface area contributed by atoms with Crippen LogP contribution < -0.4 is 0 Å². The Morgan fingerprint density at radius 3 is 2.50 bits per heavy atom. The van der Waals surface area contributed by atoms with Gasteiger partial charge in [-0.1, -0.05) is 0 Å². The van der Waals surface area contributed by atoms with E-state index in [2.05, 4.69) is 19.9 Å². The molecule has 0 unspecified atom stereocenters. The zero-order chi connectivity index (χ0) is 21.1. The van der Waals surface area contributed by atoms with E-state index < -0.39 is 5.82 Å². The third-order valence-electron chi connectivity index (χ3n) is 4.87. The average molecular weight is 401 g/mol. The van der Waals surface area contributed by atoms with Crippen LogP contribution in [0.1, 0.15) is 28.7 Å². The van der Waals surface area contributed by atoms with Gasteiger partial charge in [-0.15, -0.1) is 0 Å². The molecular formula is C23H20FN5O. The smallest absolute Gasteiger partial charge is 0.254 e. The second-order valence-corrected chi connectivity index (χ2v) is 6.91. The molecule has 7 heteroatoms. The summed E-state index contributed by atoms with van der Waals surface area (Å²) >= 11 is 0. The number of aryl methyl sites for hydroxylation is 1. The number of hydrogen-bond acceptors (Lipinski definition) is 5. The van der Waals surface area contributed by atoms with Crippen LogP contribution >= 0.6 is 0 Å². The molecule has 0 N–H and O–H groups in total. The predicted octanol–water partition coefficient (Wildman–Crippen LogP) is 4.20. The number of pyridine rings is 2. The van der Waals surface area contributed by atoms with Gasteiger partial charge >= 0.3 is 0 Å². The Labute approximate surface area is 173 Å². The van der Waals surface area contributed by atoms with E-state index in [1.54, 1.807) is 48.7 Å². The van der Waals surface area contributed by atoms with Crippen molar-refractivity contribution >= 4 is 16.8 Å². The number of rotatable bonds is 5. The fourth-order valence-corrected chi connectivity index (χ4v) is 3.25. The summed E-state index contributed by atoms with van der Waals surface area (Å²) in [5.41, 5.74) is 3.16. The van der Waals surface area contributed by atoms with Gasteiger partial charge in [0.15, 0.2) is 0 Å². The predicted molar refractivity (Wildman–Crippen MR) is 112 cm³/mol. The third kappa shape index (κ3) is 4.00. The van der Waals surface area contributed by atoms with Crippen LogP contribution in [0.5, 0.6) is 0 Å². The Kier molecular flexibility index (Phi) is 5.43. The SMILES string of the molecule is CCN(Cc1ccncc1)C(=O)c1cc(-c2cnc(C)nc2)nc2ccc(F)cc12. The Bertz CT molecular complexity index is 1200. The summed E-state index contributed by atoms with van der Waals surface area (Å²) in [5, 5.41) is 0.477. The maximum Gasteiger partial charge on any atom is 0.254 e. The number of hydrogen-bond donors (Lipinski definition) is 0. The van der Waals surface area contributed by atoms with Gasteiger partial charge in [0, 0.05) is 48.8 Å². The van der Waals surface area contributed by atoms with Gasteiger partial charge in [0.05, 0.1) is 16.8 Å². The highest BCUT2D eigenvalue weighted by Crippen LogP contribution is 2.26. The van der Waals surface area contributed by atoms with Crippen molar-refractivity contribution in [2.45, 2.75) is 20.4 Å². The average Bonchev–Trinajstić information content (AvgIpc) is 2.77. The van der Waals surface area contributed by atoms with Crippen molar-refractivity contribution in [1.29, 1.82) is 0 Å². The summed E-state index contributed by atoms with van der Waals surface area (Å²) in [4.78, 5) is 32.2. The Balaban J connectivity index is 1.81. The number of carbonyl (C=O) groups excluding carboxylic acids is 1. The molecule has 6 nitrogen and oxygen atoms in total. The molecule has 1 aromatic carbocycles.